The number of carbonyl (C=O) groups is 1. The number of carbonyl (C=O) groups excluding carboxylic acids is 1. The third-order valence-electron chi connectivity index (χ3n) is 4.74. The van der Waals surface area contributed by atoms with Crippen molar-refractivity contribution >= 4 is 22.5 Å². The minimum Gasteiger partial charge on any atom is -0.345 e. The largest absolute Gasteiger partial charge is 0.345 e. The Kier molecular flexibility index (Phi) is 4.10. The number of hydrogen-bond donors (Lipinski definition) is 1. The number of piperazine rings is 1. The number of aromatic nitrogens is 1. The van der Waals surface area contributed by atoms with Gasteiger partial charge in [0.25, 0.3) is 0 Å². The van der Waals surface area contributed by atoms with Crippen LogP contribution in [0.1, 0.15) is 23.6 Å². The summed E-state index contributed by atoms with van der Waals surface area (Å²) < 4.78 is 13.3. The third kappa shape index (κ3) is 2.96. The maximum atomic E-state index is 13.3. The first kappa shape index (κ1) is 15.4. The summed E-state index contributed by atoms with van der Waals surface area (Å²) in [6, 6.07) is 4.80. The highest BCUT2D eigenvalue weighted by atomic mass is 32.1. The van der Waals surface area contributed by atoms with Gasteiger partial charge in [0.05, 0.1) is 6.04 Å². The number of amides is 2. The van der Waals surface area contributed by atoms with Crippen molar-refractivity contribution in [2.24, 2.45) is 0 Å². The normalized spacial score (nSPS) is 20.1. The first-order valence-electron chi connectivity index (χ1n) is 8.19. The quantitative estimate of drug-likeness (QED) is 0.910. The van der Waals surface area contributed by atoms with E-state index in [4.69, 9.17) is 0 Å². The molecule has 2 amide bonds. The molecular formula is C17H19FN4OS. The van der Waals surface area contributed by atoms with Crippen LogP contribution in [0.25, 0.3) is 0 Å². The Bertz CT molecular complexity index is 728. The predicted molar refractivity (Wildman–Crippen MR) is 91.9 cm³/mol. The van der Waals surface area contributed by atoms with Crippen molar-refractivity contribution in [3.8, 4) is 0 Å². The van der Waals surface area contributed by atoms with Crippen LogP contribution in [0.3, 0.4) is 0 Å². The smallest absolute Gasteiger partial charge is 0.318 e. The molecule has 7 heteroatoms. The highest BCUT2D eigenvalue weighted by molar-refractivity contribution is 7.13. The summed E-state index contributed by atoms with van der Waals surface area (Å²) in [5.41, 5.74) is 2.06. The Balaban J connectivity index is 1.35. The minimum atomic E-state index is -0.209. The summed E-state index contributed by atoms with van der Waals surface area (Å²) in [5, 5.41) is 6.09. The van der Waals surface area contributed by atoms with Gasteiger partial charge in [-0.1, -0.05) is 6.07 Å². The molecule has 126 valence electrons. The highest BCUT2D eigenvalue weighted by Gasteiger charge is 2.28. The van der Waals surface area contributed by atoms with E-state index in [1.165, 1.54) is 6.07 Å². The highest BCUT2D eigenvalue weighted by Crippen LogP contribution is 2.31. The van der Waals surface area contributed by atoms with Crippen LogP contribution < -0.4 is 10.2 Å². The van der Waals surface area contributed by atoms with E-state index in [0.29, 0.717) is 13.1 Å². The number of rotatable bonds is 2. The molecule has 1 aliphatic heterocycles. The average Bonchev–Trinajstić information content (AvgIpc) is 3.25. The van der Waals surface area contributed by atoms with Gasteiger partial charge in [-0.05, 0) is 36.1 Å². The van der Waals surface area contributed by atoms with Gasteiger partial charge >= 0.3 is 6.03 Å². The van der Waals surface area contributed by atoms with E-state index in [0.717, 1.165) is 42.2 Å². The standard InChI is InChI=1S/C17H19FN4OS/c18-13-2-3-14-12(11-13)1-4-15(14)20-16(23)21-6-8-22(9-7-21)17-19-5-10-24-17/h2-3,5,10-11,15H,1,4,6-9H2,(H,20,23). The average molecular weight is 346 g/mol. The number of hydrogen-bond acceptors (Lipinski definition) is 4. The van der Waals surface area contributed by atoms with Crippen LogP contribution in [-0.2, 0) is 6.42 Å². The molecule has 5 nitrogen and oxygen atoms in total. The van der Waals surface area contributed by atoms with Gasteiger partial charge in [0.15, 0.2) is 5.13 Å². The molecule has 2 aliphatic rings. The lowest BCUT2D eigenvalue weighted by Gasteiger charge is -2.35. The Labute approximate surface area is 144 Å². The van der Waals surface area contributed by atoms with E-state index in [9.17, 15) is 9.18 Å². The van der Waals surface area contributed by atoms with Crippen molar-refractivity contribution in [2.75, 3.05) is 31.1 Å². The van der Waals surface area contributed by atoms with Crippen molar-refractivity contribution in [3.63, 3.8) is 0 Å². The Hall–Kier alpha value is -2.15. The molecule has 0 saturated carbocycles. The zero-order valence-corrected chi connectivity index (χ0v) is 14.1. The SMILES string of the molecule is O=C(NC1CCc2cc(F)ccc21)N1CCN(c2nccs2)CC1. The molecule has 1 saturated heterocycles. The van der Waals surface area contributed by atoms with Gasteiger partial charge in [0, 0.05) is 37.8 Å². The fourth-order valence-corrected chi connectivity index (χ4v) is 4.15. The lowest BCUT2D eigenvalue weighted by atomic mass is 10.1. The van der Waals surface area contributed by atoms with Gasteiger partial charge in [-0.2, -0.15) is 0 Å². The molecule has 1 unspecified atom stereocenters. The molecule has 1 aromatic heterocycles. The number of nitrogens with zero attached hydrogens (tertiary/aromatic N) is 3. The molecule has 1 atom stereocenters. The molecule has 0 bridgehead atoms. The number of halogens is 1. The summed E-state index contributed by atoms with van der Waals surface area (Å²) in [6.07, 6.45) is 3.46. The van der Waals surface area contributed by atoms with Crippen molar-refractivity contribution in [1.82, 2.24) is 15.2 Å². The van der Waals surface area contributed by atoms with Crippen molar-refractivity contribution in [1.29, 1.82) is 0 Å². The van der Waals surface area contributed by atoms with Crippen LogP contribution in [0.5, 0.6) is 0 Å². The number of nitrogens with one attached hydrogen (secondary N) is 1. The van der Waals surface area contributed by atoms with Gasteiger partial charge in [0.2, 0.25) is 0 Å². The summed E-state index contributed by atoms with van der Waals surface area (Å²) in [4.78, 5) is 20.9. The monoisotopic (exact) mass is 346 g/mol. The van der Waals surface area contributed by atoms with E-state index in [1.807, 2.05) is 10.3 Å². The lowest BCUT2D eigenvalue weighted by molar-refractivity contribution is 0.190. The van der Waals surface area contributed by atoms with Crippen LogP contribution >= 0.6 is 11.3 Å². The molecule has 2 heterocycles. The van der Waals surface area contributed by atoms with Crippen LogP contribution in [0.4, 0.5) is 14.3 Å². The summed E-state index contributed by atoms with van der Waals surface area (Å²) >= 11 is 1.62. The lowest BCUT2D eigenvalue weighted by Crippen LogP contribution is -2.52. The molecule has 0 radical (unpaired) electrons. The fraction of sp³-hybridized carbons (Fsp3) is 0.412. The summed E-state index contributed by atoms with van der Waals surface area (Å²) in [7, 11) is 0. The van der Waals surface area contributed by atoms with E-state index in [1.54, 1.807) is 29.7 Å². The number of urea groups is 1. The summed E-state index contributed by atoms with van der Waals surface area (Å²) in [6.45, 7) is 2.98. The van der Waals surface area contributed by atoms with Gasteiger partial charge in [0.1, 0.15) is 5.82 Å². The maximum absolute atomic E-state index is 13.3. The zero-order chi connectivity index (χ0) is 16.5. The summed E-state index contributed by atoms with van der Waals surface area (Å²) in [5.74, 6) is -0.209. The molecule has 0 spiro atoms. The van der Waals surface area contributed by atoms with E-state index < -0.39 is 0 Å². The topological polar surface area (TPSA) is 48.5 Å². The Morgan fingerprint density at radius 2 is 2.12 bits per heavy atom. The Morgan fingerprint density at radius 3 is 2.88 bits per heavy atom. The maximum Gasteiger partial charge on any atom is 0.318 e. The molecule has 2 aromatic rings. The van der Waals surface area contributed by atoms with Crippen molar-refractivity contribution < 1.29 is 9.18 Å². The van der Waals surface area contributed by atoms with Gasteiger partial charge in [-0.15, -0.1) is 11.3 Å². The van der Waals surface area contributed by atoms with Gasteiger partial charge in [-0.3, -0.25) is 0 Å². The first-order chi connectivity index (χ1) is 11.7. The van der Waals surface area contributed by atoms with Gasteiger partial charge < -0.3 is 15.1 Å². The second kappa shape index (κ2) is 6.39. The van der Waals surface area contributed by atoms with E-state index >= 15 is 0 Å². The number of anilines is 1. The van der Waals surface area contributed by atoms with Gasteiger partial charge in [-0.25, -0.2) is 14.2 Å². The van der Waals surface area contributed by atoms with E-state index in [-0.39, 0.29) is 17.9 Å². The Morgan fingerprint density at radius 1 is 1.29 bits per heavy atom. The van der Waals surface area contributed by atoms with Crippen LogP contribution in [0.15, 0.2) is 29.8 Å². The molecule has 1 aromatic carbocycles. The van der Waals surface area contributed by atoms with Crippen molar-refractivity contribution in [2.45, 2.75) is 18.9 Å². The number of benzene rings is 1. The second-order valence-corrected chi connectivity index (χ2v) is 7.05. The molecule has 4 rings (SSSR count). The number of fused-ring (bicyclic) bond motifs is 1. The zero-order valence-electron chi connectivity index (χ0n) is 13.2. The second-order valence-electron chi connectivity index (χ2n) is 6.17. The molecular weight excluding hydrogens is 327 g/mol. The fourth-order valence-electron chi connectivity index (χ4n) is 3.45. The predicted octanol–water partition coefficient (Wildman–Crippen LogP) is 2.80. The van der Waals surface area contributed by atoms with Crippen LogP contribution in [0, 0.1) is 5.82 Å². The molecule has 1 N–H and O–H groups in total. The van der Waals surface area contributed by atoms with Crippen LogP contribution in [0.2, 0.25) is 0 Å². The minimum absolute atomic E-state index is 0.00917. The first-order valence-corrected chi connectivity index (χ1v) is 9.07. The third-order valence-corrected chi connectivity index (χ3v) is 5.57. The number of aryl methyl sites for hydroxylation is 1. The van der Waals surface area contributed by atoms with Crippen molar-refractivity contribution in [3.05, 3.63) is 46.7 Å². The molecule has 1 fully saturated rings. The molecule has 1 aliphatic carbocycles. The number of thiazole rings is 1. The van der Waals surface area contributed by atoms with Crippen LogP contribution in [-0.4, -0.2) is 42.1 Å². The molecule has 24 heavy (non-hydrogen) atoms. The van der Waals surface area contributed by atoms with E-state index in [2.05, 4.69) is 15.2 Å².